The molecule has 7 nitrogen and oxygen atoms in total. The van der Waals surface area contributed by atoms with E-state index in [1.165, 1.54) is 53.7 Å². The van der Waals surface area contributed by atoms with Crippen LogP contribution in [0.5, 0.6) is 0 Å². The van der Waals surface area contributed by atoms with Crippen molar-refractivity contribution in [2.45, 2.75) is 37.3 Å². The van der Waals surface area contributed by atoms with Crippen molar-refractivity contribution < 1.29 is 27.1 Å². The molecule has 166 valence electrons. The fourth-order valence-electron chi connectivity index (χ4n) is 3.11. The number of hydrogen-bond acceptors (Lipinski definition) is 5. The van der Waals surface area contributed by atoms with E-state index in [0.717, 1.165) is 12.8 Å². The SMILES string of the molecule is CC(OC(=O)c1cc(S(=O)(=O)N2CCCC2)ccc1Cl)C(=O)NCc1ccc(F)cc1. The van der Waals surface area contributed by atoms with E-state index in [4.69, 9.17) is 16.3 Å². The van der Waals surface area contributed by atoms with E-state index >= 15 is 0 Å². The molecule has 0 aliphatic carbocycles. The van der Waals surface area contributed by atoms with Gasteiger partial charge in [-0.15, -0.1) is 0 Å². The van der Waals surface area contributed by atoms with Gasteiger partial charge < -0.3 is 10.1 Å². The quantitative estimate of drug-likeness (QED) is 0.630. The molecule has 1 atom stereocenters. The molecule has 2 aromatic carbocycles. The zero-order chi connectivity index (χ0) is 22.6. The molecule has 1 N–H and O–H groups in total. The number of benzene rings is 2. The van der Waals surface area contributed by atoms with Crippen LogP contribution in [0.15, 0.2) is 47.4 Å². The van der Waals surface area contributed by atoms with E-state index in [-0.39, 0.29) is 27.8 Å². The fraction of sp³-hybridized carbons (Fsp3) is 0.333. The van der Waals surface area contributed by atoms with Gasteiger partial charge in [-0.3, -0.25) is 4.79 Å². The Balaban J connectivity index is 1.66. The van der Waals surface area contributed by atoms with Crippen LogP contribution in [0.4, 0.5) is 4.39 Å². The first kappa shape index (κ1) is 23.2. The summed E-state index contributed by atoms with van der Waals surface area (Å²) in [5, 5.41) is 2.61. The predicted molar refractivity (Wildman–Crippen MR) is 113 cm³/mol. The molecule has 0 aromatic heterocycles. The minimum absolute atomic E-state index is 0.0179. The summed E-state index contributed by atoms with van der Waals surface area (Å²) in [5.41, 5.74) is 0.538. The number of sulfonamides is 1. The normalized spacial score (nSPS) is 15.5. The van der Waals surface area contributed by atoms with Crippen molar-refractivity contribution in [2.24, 2.45) is 0 Å². The lowest BCUT2D eigenvalue weighted by Crippen LogP contribution is -2.35. The van der Waals surface area contributed by atoms with E-state index < -0.39 is 28.0 Å². The molecule has 1 aliphatic heterocycles. The lowest BCUT2D eigenvalue weighted by atomic mass is 10.2. The minimum atomic E-state index is -3.74. The predicted octanol–water partition coefficient (Wildman–Crippen LogP) is 3.13. The zero-order valence-electron chi connectivity index (χ0n) is 16.8. The smallest absolute Gasteiger partial charge is 0.340 e. The van der Waals surface area contributed by atoms with Crippen molar-refractivity contribution in [1.82, 2.24) is 9.62 Å². The first-order valence-electron chi connectivity index (χ1n) is 9.71. The van der Waals surface area contributed by atoms with Gasteiger partial charge in [0.1, 0.15) is 5.82 Å². The fourth-order valence-corrected chi connectivity index (χ4v) is 4.85. The van der Waals surface area contributed by atoms with Gasteiger partial charge in [-0.05, 0) is 55.7 Å². The standard InChI is InChI=1S/C21H22ClFN2O5S/c1-14(20(26)24-13-15-4-6-16(23)7-5-15)30-21(27)18-12-17(8-9-19(18)22)31(28,29)25-10-2-3-11-25/h4-9,12,14H,2-3,10-11,13H2,1H3,(H,24,26). The Hall–Kier alpha value is -2.49. The Morgan fingerprint density at radius 3 is 2.45 bits per heavy atom. The molecule has 0 radical (unpaired) electrons. The molecular weight excluding hydrogens is 447 g/mol. The lowest BCUT2D eigenvalue weighted by molar-refractivity contribution is -0.129. The van der Waals surface area contributed by atoms with Crippen molar-refractivity contribution in [3.63, 3.8) is 0 Å². The highest BCUT2D eigenvalue weighted by Crippen LogP contribution is 2.26. The van der Waals surface area contributed by atoms with Crippen molar-refractivity contribution in [1.29, 1.82) is 0 Å². The van der Waals surface area contributed by atoms with E-state index in [1.807, 2.05) is 0 Å². The summed E-state index contributed by atoms with van der Waals surface area (Å²) in [6, 6.07) is 9.43. The Morgan fingerprint density at radius 1 is 1.16 bits per heavy atom. The first-order chi connectivity index (χ1) is 14.7. The van der Waals surface area contributed by atoms with Gasteiger partial charge in [0.05, 0.1) is 15.5 Å². The molecule has 0 bridgehead atoms. The highest BCUT2D eigenvalue weighted by atomic mass is 35.5. The zero-order valence-corrected chi connectivity index (χ0v) is 18.4. The molecule has 1 aliphatic rings. The summed E-state index contributed by atoms with van der Waals surface area (Å²) in [4.78, 5) is 24.7. The number of carbonyl (C=O) groups is 2. The molecule has 1 unspecified atom stereocenters. The number of nitrogens with one attached hydrogen (secondary N) is 1. The summed E-state index contributed by atoms with van der Waals surface area (Å²) in [5.74, 6) is -1.86. The Labute approximate surface area is 185 Å². The van der Waals surface area contributed by atoms with Crippen molar-refractivity contribution in [3.8, 4) is 0 Å². The number of esters is 1. The molecule has 3 rings (SSSR count). The minimum Gasteiger partial charge on any atom is -0.449 e. The van der Waals surface area contributed by atoms with Gasteiger partial charge in [0.25, 0.3) is 5.91 Å². The van der Waals surface area contributed by atoms with Crippen LogP contribution < -0.4 is 5.32 Å². The monoisotopic (exact) mass is 468 g/mol. The van der Waals surface area contributed by atoms with Crippen molar-refractivity contribution in [2.75, 3.05) is 13.1 Å². The summed E-state index contributed by atoms with van der Waals surface area (Å²) >= 11 is 6.08. The van der Waals surface area contributed by atoms with Gasteiger partial charge in [0.15, 0.2) is 6.10 Å². The van der Waals surface area contributed by atoms with Crippen LogP contribution in [0.2, 0.25) is 5.02 Å². The number of rotatable bonds is 7. The molecule has 1 amide bonds. The number of ether oxygens (including phenoxy) is 1. The average Bonchev–Trinajstić information content (AvgIpc) is 3.29. The van der Waals surface area contributed by atoms with Crippen LogP contribution in [0, 0.1) is 5.82 Å². The van der Waals surface area contributed by atoms with Gasteiger partial charge in [-0.1, -0.05) is 23.7 Å². The van der Waals surface area contributed by atoms with Crippen LogP contribution in [-0.4, -0.2) is 43.8 Å². The van der Waals surface area contributed by atoms with Crippen LogP contribution in [0.25, 0.3) is 0 Å². The molecule has 31 heavy (non-hydrogen) atoms. The molecule has 1 heterocycles. The van der Waals surface area contributed by atoms with E-state index in [0.29, 0.717) is 18.7 Å². The maximum absolute atomic E-state index is 12.9. The second-order valence-corrected chi connectivity index (χ2v) is 9.49. The maximum Gasteiger partial charge on any atom is 0.340 e. The van der Waals surface area contributed by atoms with Gasteiger partial charge in [-0.25, -0.2) is 17.6 Å². The topological polar surface area (TPSA) is 92.8 Å². The number of nitrogens with zero attached hydrogens (tertiary/aromatic N) is 1. The summed E-state index contributed by atoms with van der Waals surface area (Å²) in [7, 11) is -3.74. The van der Waals surface area contributed by atoms with Crippen molar-refractivity contribution in [3.05, 3.63) is 64.4 Å². The third kappa shape index (κ3) is 5.61. The number of carbonyl (C=O) groups excluding carboxylic acids is 2. The molecule has 0 spiro atoms. The highest BCUT2D eigenvalue weighted by molar-refractivity contribution is 7.89. The summed E-state index contributed by atoms with van der Waals surface area (Å²) in [6.45, 7) is 2.37. The third-order valence-electron chi connectivity index (χ3n) is 4.89. The van der Waals surface area contributed by atoms with Crippen molar-refractivity contribution >= 4 is 33.5 Å². The summed E-state index contributed by atoms with van der Waals surface area (Å²) in [6.07, 6.45) is 0.418. The lowest BCUT2D eigenvalue weighted by Gasteiger charge is -2.17. The molecular formula is C21H22ClFN2O5S. The number of hydrogen-bond donors (Lipinski definition) is 1. The first-order valence-corrected chi connectivity index (χ1v) is 11.5. The second-order valence-electron chi connectivity index (χ2n) is 7.14. The van der Waals surface area contributed by atoms with E-state index in [2.05, 4.69) is 5.32 Å². The largest absolute Gasteiger partial charge is 0.449 e. The van der Waals surface area contributed by atoms with Crippen LogP contribution >= 0.6 is 11.6 Å². The number of amides is 1. The van der Waals surface area contributed by atoms with Gasteiger partial charge >= 0.3 is 5.97 Å². The Morgan fingerprint density at radius 2 is 1.81 bits per heavy atom. The Kier molecular flexibility index (Phi) is 7.30. The van der Waals surface area contributed by atoms with Crippen LogP contribution in [-0.2, 0) is 26.1 Å². The maximum atomic E-state index is 12.9. The molecule has 10 heteroatoms. The van der Waals surface area contributed by atoms with Gasteiger partial charge in [0, 0.05) is 19.6 Å². The highest BCUT2D eigenvalue weighted by Gasteiger charge is 2.29. The molecule has 1 fully saturated rings. The Bertz CT molecular complexity index is 1070. The van der Waals surface area contributed by atoms with Gasteiger partial charge in [0.2, 0.25) is 10.0 Å². The van der Waals surface area contributed by atoms with Crippen LogP contribution in [0.1, 0.15) is 35.7 Å². The average molecular weight is 469 g/mol. The molecule has 2 aromatic rings. The molecule has 1 saturated heterocycles. The van der Waals surface area contributed by atoms with Gasteiger partial charge in [-0.2, -0.15) is 4.31 Å². The second kappa shape index (κ2) is 9.76. The molecule has 0 saturated carbocycles. The third-order valence-corrected chi connectivity index (χ3v) is 7.12. The van der Waals surface area contributed by atoms with E-state index in [9.17, 15) is 22.4 Å². The number of halogens is 2. The summed E-state index contributed by atoms with van der Waals surface area (Å²) < 4.78 is 44.9. The van der Waals surface area contributed by atoms with E-state index in [1.54, 1.807) is 0 Å². The van der Waals surface area contributed by atoms with Crippen LogP contribution in [0.3, 0.4) is 0 Å².